The summed E-state index contributed by atoms with van der Waals surface area (Å²) in [6.45, 7) is 3.39. The van der Waals surface area contributed by atoms with Gasteiger partial charge in [-0.25, -0.2) is 0 Å². The van der Waals surface area contributed by atoms with Crippen LogP contribution in [0.4, 0.5) is 10.7 Å². The fourth-order valence-electron chi connectivity index (χ4n) is 2.05. The van der Waals surface area contributed by atoms with Crippen molar-refractivity contribution in [1.29, 1.82) is 0 Å². The molecule has 2 heterocycles. The van der Waals surface area contributed by atoms with Crippen molar-refractivity contribution in [2.75, 3.05) is 18.0 Å². The quantitative estimate of drug-likeness (QED) is 0.667. The van der Waals surface area contributed by atoms with Gasteiger partial charge in [0.25, 0.3) is 0 Å². The summed E-state index contributed by atoms with van der Waals surface area (Å²) in [4.78, 5) is 13.4. The first-order valence-electron chi connectivity index (χ1n) is 5.80. The molecular formula is C11H16N2O3S. The number of piperidine rings is 1. The lowest BCUT2D eigenvalue weighted by molar-refractivity contribution is -0.383. The van der Waals surface area contributed by atoms with Crippen molar-refractivity contribution in [3.05, 3.63) is 21.1 Å². The number of rotatable bonds is 3. The van der Waals surface area contributed by atoms with Gasteiger partial charge in [0.2, 0.25) is 0 Å². The molecule has 0 aromatic carbocycles. The van der Waals surface area contributed by atoms with E-state index in [1.165, 1.54) is 23.8 Å². The van der Waals surface area contributed by atoms with Crippen LogP contribution in [-0.2, 0) is 0 Å². The molecule has 6 heteroatoms. The summed E-state index contributed by atoms with van der Waals surface area (Å²) < 4.78 is 0. The maximum absolute atomic E-state index is 11.0. The van der Waals surface area contributed by atoms with Gasteiger partial charge >= 0.3 is 5.69 Å². The Kier molecular flexibility index (Phi) is 3.63. The number of aliphatic hydroxyl groups is 1. The normalized spacial score (nSPS) is 18.1. The third-order valence-corrected chi connectivity index (χ3v) is 4.32. The molecule has 5 nitrogen and oxygen atoms in total. The van der Waals surface area contributed by atoms with E-state index in [4.69, 9.17) is 0 Å². The summed E-state index contributed by atoms with van der Waals surface area (Å²) in [5.74, 6) is 0. The lowest BCUT2D eigenvalue weighted by atomic mass is 10.1. The second-order valence-corrected chi connectivity index (χ2v) is 5.38. The van der Waals surface area contributed by atoms with E-state index in [1.54, 1.807) is 6.92 Å². The van der Waals surface area contributed by atoms with Crippen LogP contribution in [0.3, 0.4) is 0 Å². The minimum atomic E-state index is -0.641. The number of hydrogen-bond donors (Lipinski definition) is 1. The minimum Gasteiger partial charge on any atom is -0.388 e. The van der Waals surface area contributed by atoms with E-state index in [0.717, 1.165) is 25.9 Å². The maximum Gasteiger partial charge on any atom is 0.304 e. The maximum atomic E-state index is 11.0. The molecule has 0 aliphatic carbocycles. The van der Waals surface area contributed by atoms with Crippen LogP contribution in [0.2, 0.25) is 0 Å². The Morgan fingerprint density at radius 1 is 1.47 bits per heavy atom. The summed E-state index contributed by atoms with van der Waals surface area (Å²) in [6.07, 6.45) is 2.72. The number of nitro groups is 1. The predicted molar refractivity (Wildman–Crippen MR) is 67.7 cm³/mol. The van der Waals surface area contributed by atoms with Gasteiger partial charge in [-0.3, -0.25) is 10.1 Å². The highest BCUT2D eigenvalue weighted by molar-refractivity contribution is 7.16. The number of thiophene rings is 1. The van der Waals surface area contributed by atoms with Crippen molar-refractivity contribution in [1.82, 2.24) is 0 Å². The highest BCUT2D eigenvalue weighted by Crippen LogP contribution is 2.40. The van der Waals surface area contributed by atoms with E-state index in [-0.39, 0.29) is 10.6 Å². The number of aliphatic hydroxyl groups excluding tert-OH is 1. The van der Waals surface area contributed by atoms with E-state index in [1.807, 2.05) is 0 Å². The van der Waals surface area contributed by atoms with Gasteiger partial charge in [0.1, 0.15) is 0 Å². The van der Waals surface area contributed by atoms with Crippen LogP contribution >= 0.6 is 11.3 Å². The first-order valence-corrected chi connectivity index (χ1v) is 6.62. The molecule has 1 aliphatic rings. The molecule has 0 spiro atoms. The average molecular weight is 256 g/mol. The summed E-state index contributed by atoms with van der Waals surface area (Å²) in [5.41, 5.74) is 0.132. The van der Waals surface area contributed by atoms with E-state index in [2.05, 4.69) is 4.90 Å². The minimum absolute atomic E-state index is 0.132. The molecule has 0 radical (unpaired) electrons. The van der Waals surface area contributed by atoms with E-state index < -0.39 is 6.10 Å². The van der Waals surface area contributed by atoms with Crippen molar-refractivity contribution >= 4 is 22.0 Å². The Morgan fingerprint density at radius 3 is 2.65 bits per heavy atom. The van der Waals surface area contributed by atoms with Crippen LogP contribution in [0.1, 0.15) is 37.2 Å². The van der Waals surface area contributed by atoms with Crippen LogP contribution < -0.4 is 4.90 Å². The Balaban J connectivity index is 2.32. The Morgan fingerprint density at radius 2 is 2.12 bits per heavy atom. The largest absolute Gasteiger partial charge is 0.388 e. The van der Waals surface area contributed by atoms with Gasteiger partial charge in [0, 0.05) is 24.0 Å². The monoisotopic (exact) mass is 256 g/mol. The van der Waals surface area contributed by atoms with Crippen LogP contribution in [0.15, 0.2) is 6.07 Å². The van der Waals surface area contributed by atoms with Gasteiger partial charge in [0.15, 0.2) is 5.00 Å². The van der Waals surface area contributed by atoms with Crippen LogP contribution in [0, 0.1) is 10.1 Å². The van der Waals surface area contributed by atoms with E-state index in [0.29, 0.717) is 9.88 Å². The Hall–Kier alpha value is -1.14. The van der Waals surface area contributed by atoms with E-state index >= 15 is 0 Å². The van der Waals surface area contributed by atoms with Crippen LogP contribution in [0.5, 0.6) is 0 Å². The molecule has 94 valence electrons. The van der Waals surface area contributed by atoms with Gasteiger partial charge in [-0.15, -0.1) is 11.3 Å². The fraction of sp³-hybridized carbons (Fsp3) is 0.636. The second-order valence-electron chi connectivity index (χ2n) is 4.32. The van der Waals surface area contributed by atoms with Gasteiger partial charge in [0.05, 0.1) is 11.0 Å². The number of hydrogen-bond acceptors (Lipinski definition) is 5. The Bertz CT molecular complexity index is 411. The Labute approximate surface area is 104 Å². The van der Waals surface area contributed by atoms with E-state index in [9.17, 15) is 15.2 Å². The van der Waals surface area contributed by atoms with Gasteiger partial charge in [-0.1, -0.05) is 0 Å². The first kappa shape index (κ1) is 12.3. The highest BCUT2D eigenvalue weighted by atomic mass is 32.1. The summed E-state index contributed by atoms with van der Waals surface area (Å²) in [7, 11) is 0. The fourth-order valence-corrected chi connectivity index (χ4v) is 3.16. The molecule has 1 aliphatic heterocycles. The lowest BCUT2D eigenvalue weighted by Crippen LogP contribution is -2.29. The molecule has 2 rings (SSSR count). The third kappa shape index (κ3) is 2.58. The zero-order valence-electron chi connectivity index (χ0n) is 9.76. The lowest BCUT2D eigenvalue weighted by Gasteiger charge is -2.26. The number of anilines is 1. The van der Waals surface area contributed by atoms with Crippen LogP contribution in [-0.4, -0.2) is 23.1 Å². The van der Waals surface area contributed by atoms with Crippen molar-refractivity contribution in [3.8, 4) is 0 Å². The first-order chi connectivity index (χ1) is 8.09. The van der Waals surface area contributed by atoms with Gasteiger partial charge < -0.3 is 10.0 Å². The zero-order chi connectivity index (χ0) is 12.4. The third-order valence-electron chi connectivity index (χ3n) is 2.96. The predicted octanol–water partition coefficient (Wildman–Crippen LogP) is 2.70. The summed E-state index contributed by atoms with van der Waals surface area (Å²) >= 11 is 1.34. The molecule has 1 aromatic rings. The molecular weight excluding hydrogens is 240 g/mol. The average Bonchev–Trinajstić information content (AvgIpc) is 2.75. The van der Waals surface area contributed by atoms with Crippen molar-refractivity contribution in [2.45, 2.75) is 32.3 Å². The van der Waals surface area contributed by atoms with Crippen molar-refractivity contribution in [2.24, 2.45) is 0 Å². The molecule has 17 heavy (non-hydrogen) atoms. The highest BCUT2D eigenvalue weighted by Gasteiger charge is 2.26. The van der Waals surface area contributed by atoms with Crippen LogP contribution in [0.25, 0.3) is 0 Å². The summed E-state index contributed by atoms with van der Waals surface area (Å²) in [5, 5.41) is 21.2. The van der Waals surface area contributed by atoms with Crippen molar-refractivity contribution < 1.29 is 10.0 Å². The standard InChI is InChI=1S/C11H16N2O3S/c1-8(14)10-7-9(13(15)16)11(17-10)12-5-3-2-4-6-12/h7-8,14H,2-6H2,1H3/t8-/m0/s1. The molecule has 1 atom stereocenters. The number of nitrogens with zero attached hydrogens (tertiary/aromatic N) is 2. The molecule has 0 bridgehead atoms. The molecule has 1 aromatic heterocycles. The summed E-state index contributed by atoms with van der Waals surface area (Å²) in [6, 6.07) is 1.50. The van der Waals surface area contributed by atoms with Crippen molar-refractivity contribution in [3.63, 3.8) is 0 Å². The topological polar surface area (TPSA) is 66.6 Å². The molecule has 1 fully saturated rings. The molecule has 0 amide bonds. The molecule has 0 unspecified atom stereocenters. The zero-order valence-corrected chi connectivity index (χ0v) is 10.6. The van der Waals surface area contributed by atoms with Gasteiger partial charge in [-0.05, 0) is 26.2 Å². The smallest absolute Gasteiger partial charge is 0.304 e. The molecule has 0 saturated carbocycles. The SMILES string of the molecule is C[C@H](O)c1cc([N+](=O)[O-])c(N2CCCCC2)s1. The van der Waals surface area contributed by atoms with Gasteiger partial charge in [-0.2, -0.15) is 0 Å². The molecule has 1 N–H and O–H groups in total. The second kappa shape index (κ2) is 5.01. The molecule has 1 saturated heterocycles.